The van der Waals surface area contributed by atoms with Crippen LogP contribution >= 0.6 is 0 Å². The molecule has 6 aromatic carbocycles. The summed E-state index contributed by atoms with van der Waals surface area (Å²) in [5.41, 5.74) is 18.6. The molecule has 304 valence electrons. The van der Waals surface area contributed by atoms with Gasteiger partial charge in [-0.25, -0.2) is 0 Å². The zero-order valence-electron chi connectivity index (χ0n) is 36.6. The van der Waals surface area contributed by atoms with Gasteiger partial charge in [0.2, 0.25) is 0 Å². The van der Waals surface area contributed by atoms with Crippen LogP contribution in [0.15, 0.2) is 146 Å². The third-order valence-corrected chi connectivity index (χ3v) is 18.5. The second-order valence-electron chi connectivity index (χ2n) is 22.7. The smallest absolute Gasteiger partial charge is 0.399 e. The second kappa shape index (κ2) is 11.9. The Morgan fingerprint density at radius 2 is 0.525 bits per heavy atom. The highest BCUT2D eigenvalue weighted by atomic mass is 16.7. The molecule has 10 fully saturated rings. The molecule has 1 aliphatic heterocycles. The molecular weight excluding hydrogens is 739 g/mol. The van der Waals surface area contributed by atoms with Gasteiger partial charge in [0.15, 0.2) is 0 Å². The monoisotopic (exact) mass is 796 g/mol. The van der Waals surface area contributed by atoms with Crippen molar-refractivity contribution in [2.75, 3.05) is 0 Å². The summed E-state index contributed by atoms with van der Waals surface area (Å²) in [5.74, 6) is 0. The first-order valence-corrected chi connectivity index (χ1v) is 23.2. The fraction of sp³-hybridized carbons (Fsp3) is 0.379. The Labute approximate surface area is 363 Å². The van der Waals surface area contributed by atoms with Gasteiger partial charge in [-0.1, -0.05) is 151 Å². The highest BCUT2D eigenvalue weighted by molar-refractivity contribution is 6.62. The van der Waals surface area contributed by atoms with Crippen molar-refractivity contribution in [3.05, 3.63) is 185 Å². The first-order valence-electron chi connectivity index (χ1n) is 23.2. The van der Waals surface area contributed by atoms with E-state index in [1.165, 1.54) is 108 Å². The zero-order valence-corrected chi connectivity index (χ0v) is 36.6. The minimum atomic E-state index is -0.316. The van der Waals surface area contributed by atoms with Crippen LogP contribution in [-0.4, -0.2) is 18.3 Å². The number of benzene rings is 6. The van der Waals surface area contributed by atoms with Crippen molar-refractivity contribution in [3.8, 4) is 22.3 Å². The van der Waals surface area contributed by atoms with Gasteiger partial charge in [-0.15, -0.1) is 0 Å². The summed E-state index contributed by atoms with van der Waals surface area (Å²) >= 11 is 0. The Morgan fingerprint density at radius 3 is 0.770 bits per heavy atom. The third kappa shape index (κ3) is 5.06. The fourth-order valence-corrected chi connectivity index (χ4v) is 14.1. The Bertz CT molecular complexity index is 2650. The Kier molecular flexibility index (Phi) is 7.17. The molecule has 0 N–H and O–H groups in total. The Hall–Kier alpha value is -4.70. The predicted octanol–water partition coefficient (Wildman–Crippen LogP) is 12.7. The van der Waals surface area contributed by atoms with Crippen LogP contribution in [0.1, 0.15) is 124 Å². The number of rotatable bonds is 9. The predicted molar refractivity (Wildman–Crippen MR) is 249 cm³/mol. The highest BCUT2D eigenvalue weighted by Crippen LogP contribution is 2.76. The van der Waals surface area contributed by atoms with Crippen molar-refractivity contribution >= 4 is 12.6 Å². The van der Waals surface area contributed by atoms with Gasteiger partial charge in [0.25, 0.3) is 0 Å². The van der Waals surface area contributed by atoms with Gasteiger partial charge in [0.1, 0.15) is 0 Å². The number of hydrogen-bond acceptors (Lipinski definition) is 2. The SMILES string of the molecule is Cc1ccc(C23CC(c4ccc(-c5ccc(C67CC(c8ccc(-c9ccc(C%10%11CC(c%12ccc(B%13OC(C)(C)C(C)(C)O%13)cc%12)(C%10)C%11)cc9)cc8)(C6)C7)cc5)cc4)(C2)C3)cc1. The van der Waals surface area contributed by atoms with Gasteiger partial charge in [-0.3, -0.25) is 0 Å². The first kappa shape index (κ1) is 36.9. The fourth-order valence-electron chi connectivity index (χ4n) is 14.1. The third-order valence-electron chi connectivity index (χ3n) is 18.5. The quantitative estimate of drug-likeness (QED) is 0.136. The van der Waals surface area contributed by atoms with E-state index in [1.807, 2.05) is 0 Å². The second-order valence-corrected chi connectivity index (χ2v) is 22.7. The summed E-state index contributed by atoms with van der Waals surface area (Å²) in [6.07, 6.45) is 11.5. The molecule has 0 spiro atoms. The lowest BCUT2D eigenvalue weighted by atomic mass is 9.32. The molecular formula is C58H57BO2. The van der Waals surface area contributed by atoms with Crippen LogP contribution in [0, 0.1) is 6.92 Å². The Balaban J connectivity index is 0.611. The van der Waals surface area contributed by atoms with E-state index < -0.39 is 0 Å². The van der Waals surface area contributed by atoms with E-state index in [4.69, 9.17) is 9.31 Å². The van der Waals surface area contributed by atoms with Crippen LogP contribution in [0.3, 0.4) is 0 Å². The van der Waals surface area contributed by atoms with E-state index in [-0.39, 0.29) is 18.3 Å². The summed E-state index contributed by atoms with van der Waals surface area (Å²) < 4.78 is 12.6. The standard InChI is InChI=1S/C58H57BO2/c1-39-6-16-44(17-7-39)53-30-54(31-53,32-53)45-18-8-40(9-19-45)41-10-20-46(21-11-41)55-33-56(34-55,35-55)47-22-12-42(13-23-47)43-14-24-48(25-15-43)57-36-58(37-57,38-57)49-26-28-50(29-27-49)59-60-51(2,3)52(4,5)61-59/h6-29H,30-38H2,1-5H3. The lowest BCUT2D eigenvalue weighted by Gasteiger charge is -2.71. The maximum Gasteiger partial charge on any atom is 0.494 e. The molecule has 1 saturated heterocycles. The van der Waals surface area contributed by atoms with Crippen LogP contribution in [0.5, 0.6) is 0 Å². The van der Waals surface area contributed by atoms with Crippen LogP contribution in [0.2, 0.25) is 0 Å². The molecule has 6 aromatic rings. The first-order chi connectivity index (χ1) is 29.2. The zero-order chi connectivity index (χ0) is 41.3. The maximum absolute atomic E-state index is 6.30. The van der Waals surface area contributed by atoms with E-state index in [0.29, 0.717) is 32.5 Å². The van der Waals surface area contributed by atoms with Gasteiger partial charge in [0, 0.05) is 0 Å². The van der Waals surface area contributed by atoms with E-state index in [1.54, 1.807) is 11.1 Å². The van der Waals surface area contributed by atoms with Gasteiger partial charge in [-0.05, 0) is 186 Å². The van der Waals surface area contributed by atoms with Gasteiger partial charge >= 0.3 is 7.12 Å². The summed E-state index contributed by atoms with van der Waals surface area (Å²) in [4.78, 5) is 0. The van der Waals surface area contributed by atoms with Crippen LogP contribution in [0.4, 0.5) is 0 Å². The molecule has 16 rings (SSSR count). The van der Waals surface area contributed by atoms with Gasteiger partial charge in [0.05, 0.1) is 11.2 Å². The highest BCUT2D eigenvalue weighted by Gasteiger charge is 2.70. The van der Waals surface area contributed by atoms with Crippen LogP contribution in [-0.2, 0) is 41.8 Å². The molecule has 9 aliphatic carbocycles. The van der Waals surface area contributed by atoms with E-state index >= 15 is 0 Å². The lowest BCUT2D eigenvalue weighted by molar-refractivity contribution is -0.0694. The summed E-state index contributed by atoms with van der Waals surface area (Å²) in [6, 6.07) is 56.8. The van der Waals surface area contributed by atoms with Gasteiger partial charge in [-0.2, -0.15) is 0 Å². The molecule has 0 radical (unpaired) electrons. The van der Waals surface area contributed by atoms with Crippen molar-refractivity contribution in [3.63, 3.8) is 0 Å². The molecule has 10 aliphatic rings. The van der Waals surface area contributed by atoms with Crippen molar-refractivity contribution in [2.45, 2.75) is 136 Å². The number of hydrogen-bond donors (Lipinski definition) is 0. The molecule has 0 amide bonds. The average Bonchev–Trinajstić information content (AvgIpc) is 3.39. The van der Waals surface area contributed by atoms with E-state index in [2.05, 4.69) is 180 Å². The summed E-state index contributed by atoms with van der Waals surface area (Å²) in [6.45, 7) is 10.7. The molecule has 9 saturated carbocycles. The number of aryl methyl sites for hydroxylation is 1. The van der Waals surface area contributed by atoms with Crippen molar-refractivity contribution in [2.24, 2.45) is 0 Å². The topological polar surface area (TPSA) is 18.5 Å². The molecule has 0 aromatic heterocycles. The molecule has 0 unspecified atom stereocenters. The summed E-state index contributed by atoms with van der Waals surface area (Å²) in [5, 5.41) is 0. The lowest BCUT2D eigenvalue weighted by Crippen LogP contribution is -2.67. The van der Waals surface area contributed by atoms with Crippen LogP contribution in [0.25, 0.3) is 22.3 Å². The van der Waals surface area contributed by atoms with Crippen molar-refractivity contribution in [1.29, 1.82) is 0 Å². The minimum absolute atomic E-state index is 0.297. The molecule has 6 bridgehead atoms. The van der Waals surface area contributed by atoms with Crippen LogP contribution < -0.4 is 5.46 Å². The molecule has 0 atom stereocenters. The van der Waals surface area contributed by atoms with E-state index in [9.17, 15) is 0 Å². The summed E-state index contributed by atoms with van der Waals surface area (Å²) in [7, 11) is -0.297. The molecule has 3 heteroatoms. The van der Waals surface area contributed by atoms with Crippen molar-refractivity contribution < 1.29 is 9.31 Å². The molecule has 61 heavy (non-hydrogen) atoms. The van der Waals surface area contributed by atoms with Gasteiger partial charge < -0.3 is 9.31 Å². The average molecular weight is 797 g/mol. The molecule has 2 nitrogen and oxygen atoms in total. The molecule has 1 heterocycles. The van der Waals surface area contributed by atoms with E-state index in [0.717, 1.165) is 5.46 Å². The largest absolute Gasteiger partial charge is 0.494 e. The maximum atomic E-state index is 6.30. The van der Waals surface area contributed by atoms with Crippen molar-refractivity contribution in [1.82, 2.24) is 0 Å². The normalized spacial score (nSPS) is 33.9. The Morgan fingerprint density at radius 1 is 0.311 bits per heavy atom. The minimum Gasteiger partial charge on any atom is -0.399 e.